The van der Waals surface area contributed by atoms with Crippen LogP contribution in [-0.2, 0) is 13.2 Å². The first-order valence-corrected chi connectivity index (χ1v) is 6.50. The molecular formula is C13H15BrN2O2. The highest BCUT2D eigenvalue weighted by Gasteiger charge is 2.03. The van der Waals surface area contributed by atoms with Gasteiger partial charge in [0.05, 0.1) is 24.0 Å². The van der Waals surface area contributed by atoms with Crippen LogP contribution in [0, 0.1) is 0 Å². The number of aromatic nitrogens is 2. The molecule has 1 heterocycles. The van der Waals surface area contributed by atoms with Crippen LogP contribution in [0.15, 0.2) is 35.1 Å². The van der Waals surface area contributed by atoms with E-state index in [2.05, 4.69) is 21.0 Å². The van der Waals surface area contributed by atoms with Crippen molar-refractivity contribution in [3.8, 4) is 11.5 Å². The fourth-order valence-corrected chi connectivity index (χ4v) is 2.15. The van der Waals surface area contributed by atoms with Crippen molar-refractivity contribution in [1.29, 1.82) is 0 Å². The summed E-state index contributed by atoms with van der Waals surface area (Å²) in [6.45, 7) is 3.40. The third kappa shape index (κ3) is 3.04. The number of ether oxygens (including phenoxy) is 2. The minimum absolute atomic E-state index is 0.512. The topological polar surface area (TPSA) is 36.3 Å². The molecule has 0 bridgehead atoms. The molecule has 4 nitrogen and oxygen atoms in total. The fraction of sp³-hybridized carbons (Fsp3) is 0.308. The Morgan fingerprint density at radius 1 is 1.39 bits per heavy atom. The molecule has 0 spiro atoms. The van der Waals surface area contributed by atoms with Crippen LogP contribution >= 0.6 is 15.9 Å². The van der Waals surface area contributed by atoms with Crippen molar-refractivity contribution >= 4 is 15.9 Å². The van der Waals surface area contributed by atoms with E-state index in [-0.39, 0.29) is 0 Å². The van der Waals surface area contributed by atoms with Crippen LogP contribution in [0.25, 0.3) is 0 Å². The maximum absolute atomic E-state index is 5.66. The van der Waals surface area contributed by atoms with E-state index in [9.17, 15) is 0 Å². The van der Waals surface area contributed by atoms with Gasteiger partial charge in [-0.25, -0.2) is 0 Å². The lowest BCUT2D eigenvalue weighted by Crippen LogP contribution is -1.96. The van der Waals surface area contributed by atoms with Gasteiger partial charge in [-0.3, -0.25) is 4.68 Å². The van der Waals surface area contributed by atoms with Gasteiger partial charge in [0.25, 0.3) is 0 Å². The number of nitrogens with zero attached hydrogens (tertiary/aromatic N) is 2. The highest BCUT2D eigenvalue weighted by molar-refractivity contribution is 9.10. The first-order chi connectivity index (χ1) is 8.72. The van der Waals surface area contributed by atoms with Crippen LogP contribution in [-0.4, -0.2) is 16.9 Å². The zero-order valence-electron chi connectivity index (χ0n) is 10.4. The Bertz CT molecular complexity index is 525. The summed E-state index contributed by atoms with van der Waals surface area (Å²) in [5.41, 5.74) is 1.08. The Balaban J connectivity index is 1.99. The van der Waals surface area contributed by atoms with Crippen molar-refractivity contribution in [3.63, 3.8) is 0 Å². The molecule has 0 unspecified atom stereocenters. The van der Waals surface area contributed by atoms with E-state index in [1.807, 2.05) is 36.0 Å². The summed E-state index contributed by atoms with van der Waals surface area (Å²) < 4.78 is 13.6. The lowest BCUT2D eigenvalue weighted by atomic mass is 10.2. The largest absolute Gasteiger partial charge is 0.496 e. The fourth-order valence-electron chi connectivity index (χ4n) is 1.56. The standard InChI is InChI=1S/C13H15BrN2O2/c1-3-16-8-11(7-15-16)18-9-10-4-5-13(17-2)12(14)6-10/h4-8H,3,9H2,1-2H3. The van der Waals surface area contributed by atoms with E-state index in [4.69, 9.17) is 9.47 Å². The molecule has 0 atom stereocenters. The van der Waals surface area contributed by atoms with E-state index >= 15 is 0 Å². The molecule has 0 N–H and O–H groups in total. The van der Waals surface area contributed by atoms with Gasteiger partial charge < -0.3 is 9.47 Å². The normalized spacial score (nSPS) is 10.4. The van der Waals surface area contributed by atoms with Gasteiger partial charge in [0.2, 0.25) is 0 Å². The number of methoxy groups -OCH3 is 1. The number of hydrogen-bond acceptors (Lipinski definition) is 3. The van der Waals surface area contributed by atoms with Crippen LogP contribution in [0.4, 0.5) is 0 Å². The number of rotatable bonds is 5. The summed E-state index contributed by atoms with van der Waals surface area (Å²) in [4.78, 5) is 0. The van der Waals surface area contributed by atoms with Crippen molar-refractivity contribution < 1.29 is 9.47 Å². The molecule has 0 aliphatic rings. The number of aryl methyl sites for hydroxylation is 1. The van der Waals surface area contributed by atoms with Gasteiger partial charge in [0, 0.05) is 6.54 Å². The SMILES string of the molecule is CCn1cc(OCc2ccc(OC)c(Br)c2)cn1. The Morgan fingerprint density at radius 3 is 2.83 bits per heavy atom. The molecule has 0 radical (unpaired) electrons. The van der Waals surface area contributed by atoms with Gasteiger partial charge in [0.15, 0.2) is 5.75 Å². The monoisotopic (exact) mass is 310 g/mol. The predicted molar refractivity (Wildman–Crippen MR) is 72.9 cm³/mol. The van der Waals surface area contributed by atoms with Gasteiger partial charge in [-0.1, -0.05) is 6.07 Å². The van der Waals surface area contributed by atoms with Gasteiger partial charge in [-0.2, -0.15) is 5.10 Å². The molecule has 0 amide bonds. The molecule has 2 rings (SSSR count). The Kier molecular flexibility index (Phi) is 4.25. The summed E-state index contributed by atoms with van der Waals surface area (Å²) >= 11 is 3.45. The summed E-state index contributed by atoms with van der Waals surface area (Å²) in [7, 11) is 1.65. The van der Waals surface area contributed by atoms with Crippen LogP contribution in [0.3, 0.4) is 0 Å². The predicted octanol–water partition coefficient (Wildman–Crippen LogP) is 3.25. The van der Waals surface area contributed by atoms with Crippen molar-refractivity contribution in [1.82, 2.24) is 9.78 Å². The van der Waals surface area contributed by atoms with E-state index in [0.29, 0.717) is 6.61 Å². The second-order valence-electron chi connectivity index (χ2n) is 3.79. The number of benzene rings is 1. The lowest BCUT2D eigenvalue weighted by Gasteiger charge is -2.07. The minimum Gasteiger partial charge on any atom is -0.496 e. The van der Waals surface area contributed by atoms with Crippen LogP contribution in [0.2, 0.25) is 0 Å². The molecule has 0 saturated heterocycles. The minimum atomic E-state index is 0.512. The maximum atomic E-state index is 5.66. The summed E-state index contributed by atoms with van der Waals surface area (Å²) in [5.74, 6) is 1.60. The van der Waals surface area contributed by atoms with Crippen LogP contribution < -0.4 is 9.47 Å². The molecule has 0 aliphatic carbocycles. The van der Waals surface area contributed by atoms with Gasteiger partial charge in [0.1, 0.15) is 12.4 Å². The first kappa shape index (κ1) is 13.0. The zero-order valence-corrected chi connectivity index (χ0v) is 12.0. The highest BCUT2D eigenvalue weighted by Crippen LogP contribution is 2.26. The van der Waals surface area contributed by atoms with Gasteiger partial charge in [-0.15, -0.1) is 0 Å². The molecule has 5 heteroatoms. The maximum Gasteiger partial charge on any atom is 0.157 e. The third-order valence-electron chi connectivity index (χ3n) is 2.56. The van der Waals surface area contributed by atoms with Gasteiger partial charge >= 0.3 is 0 Å². The zero-order chi connectivity index (χ0) is 13.0. The second kappa shape index (κ2) is 5.91. The third-order valence-corrected chi connectivity index (χ3v) is 3.17. The highest BCUT2D eigenvalue weighted by atomic mass is 79.9. The average molecular weight is 311 g/mol. The second-order valence-corrected chi connectivity index (χ2v) is 4.64. The summed E-state index contributed by atoms with van der Waals surface area (Å²) in [6, 6.07) is 5.88. The quantitative estimate of drug-likeness (QED) is 0.850. The van der Waals surface area contributed by atoms with Crippen LogP contribution in [0.1, 0.15) is 12.5 Å². The van der Waals surface area contributed by atoms with E-state index < -0.39 is 0 Å². The van der Waals surface area contributed by atoms with Crippen LogP contribution in [0.5, 0.6) is 11.5 Å². The molecule has 96 valence electrons. The Labute approximate surface area is 115 Å². The Morgan fingerprint density at radius 2 is 2.22 bits per heavy atom. The Hall–Kier alpha value is -1.49. The molecule has 0 fully saturated rings. The number of hydrogen-bond donors (Lipinski definition) is 0. The average Bonchev–Trinajstić information content (AvgIpc) is 2.84. The van der Waals surface area contributed by atoms with E-state index in [0.717, 1.165) is 28.1 Å². The summed E-state index contributed by atoms with van der Waals surface area (Å²) in [5, 5.41) is 4.15. The molecule has 2 aromatic rings. The summed E-state index contributed by atoms with van der Waals surface area (Å²) in [6.07, 6.45) is 3.61. The lowest BCUT2D eigenvalue weighted by molar-refractivity contribution is 0.305. The van der Waals surface area contributed by atoms with E-state index in [1.165, 1.54) is 0 Å². The number of halogens is 1. The molecule has 0 saturated carbocycles. The smallest absolute Gasteiger partial charge is 0.157 e. The van der Waals surface area contributed by atoms with Crippen molar-refractivity contribution in [3.05, 3.63) is 40.6 Å². The molecule has 18 heavy (non-hydrogen) atoms. The van der Waals surface area contributed by atoms with Crippen molar-refractivity contribution in [2.24, 2.45) is 0 Å². The van der Waals surface area contributed by atoms with Crippen molar-refractivity contribution in [2.75, 3.05) is 7.11 Å². The molecule has 1 aromatic heterocycles. The molecule has 1 aromatic carbocycles. The van der Waals surface area contributed by atoms with Crippen molar-refractivity contribution in [2.45, 2.75) is 20.1 Å². The molecular weight excluding hydrogens is 296 g/mol. The molecule has 0 aliphatic heterocycles. The first-order valence-electron chi connectivity index (χ1n) is 5.70. The van der Waals surface area contributed by atoms with Gasteiger partial charge in [-0.05, 0) is 40.5 Å². The van der Waals surface area contributed by atoms with E-state index in [1.54, 1.807) is 13.3 Å².